The Hall–Kier alpha value is -1.27. The van der Waals surface area contributed by atoms with E-state index in [1.54, 1.807) is 0 Å². The van der Waals surface area contributed by atoms with E-state index >= 15 is 0 Å². The lowest BCUT2D eigenvalue weighted by Crippen LogP contribution is -2.35. The van der Waals surface area contributed by atoms with E-state index in [4.69, 9.17) is 11.6 Å². The van der Waals surface area contributed by atoms with Gasteiger partial charge in [0.05, 0.1) is 9.82 Å². The summed E-state index contributed by atoms with van der Waals surface area (Å²) in [7, 11) is -8.94. The van der Waals surface area contributed by atoms with Crippen LogP contribution in [0.3, 0.4) is 0 Å². The zero-order valence-electron chi connectivity index (χ0n) is 8.40. The van der Waals surface area contributed by atoms with E-state index in [-0.39, 0.29) is 0 Å². The molecule has 9 nitrogen and oxygen atoms in total. The number of nitrogens with two attached hydrogens (primary N) is 1. The molecule has 0 unspecified atom stereocenters. The van der Waals surface area contributed by atoms with Crippen LogP contribution in [0.4, 0.5) is 5.69 Å². The van der Waals surface area contributed by atoms with E-state index in [1.807, 2.05) is 0 Å². The van der Waals surface area contributed by atoms with Gasteiger partial charge in [0.15, 0.2) is 0 Å². The van der Waals surface area contributed by atoms with Crippen LogP contribution in [0.5, 0.6) is 0 Å². The van der Waals surface area contributed by atoms with Crippen molar-refractivity contribution in [1.82, 2.24) is 4.13 Å². The van der Waals surface area contributed by atoms with E-state index in [2.05, 4.69) is 5.14 Å². The second-order valence-corrected chi connectivity index (χ2v) is 6.64. The van der Waals surface area contributed by atoms with Gasteiger partial charge in [0.25, 0.3) is 25.9 Å². The Balaban J connectivity index is 3.28. The Morgan fingerprint density at radius 1 is 1.28 bits per heavy atom. The van der Waals surface area contributed by atoms with Crippen LogP contribution in [0.15, 0.2) is 23.1 Å². The maximum atomic E-state index is 11.5. The molecule has 1 aromatic carbocycles. The lowest BCUT2D eigenvalue weighted by Gasteiger charge is -2.04. The van der Waals surface area contributed by atoms with Crippen molar-refractivity contribution >= 4 is 37.5 Å². The molecule has 3 N–H and O–H groups in total. The number of sulfonamides is 1. The molecule has 12 heteroatoms. The minimum absolute atomic E-state index is 0.447. The molecular weight excluding hydrogens is 310 g/mol. The summed E-state index contributed by atoms with van der Waals surface area (Å²) in [5.74, 6) is 0. The molecule has 0 radical (unpaired) electrons. The van der Waals surface area contributed by atoms with Gasteiger partial charge < -0.3 is 0 Å². The number of nitro groups is 1. The highest BCUT2D eigenvalue weighted by molar-refractivity contribution is 8.03. The maximum absolute atomic E-state index is 11.5. The molecule has 0 heterocycles. The third-order valence-corrected chi connectivity index (χ3v) is 4.64. The molecule has 1 aromatic rings. The molecular formula is C6H6ClN3O6S2. The Morgan fingerprint density at radius 2 is 1.83 bits per heavy atom. The highest BCUT2D eigenvalue weighted by Gasteiger charge is 2.22. The fourth-order valence-electron chi connectivity index (χ4n) is 1.00. The molecule has 0 aromatic heterocycles. The molecule has 0 spiro atoms. The predicted octanol–water partition coefficient (Wildman–Crippen LogP) is -0.270. The van der Waals surface area contributed by atoms with Gasteiger partial charge in [-0.15, -0.1) is 0 Å². The largest absolute Gasteiger partial charge is 0.287 e. The molecule has 0 fully saturated rings. The van der Waals surface area contributed by atoms with Crippen LogP contribution < -0.4 is 9.27 Å². The lowest BCUT2D eigenvalue weighted by molar-refractivity contribution is -0.384. The molecule has 0 amide bonds. The summed E-state index contributed by atoms with van der Waals surface area (Å²) in [4.78, 5) is 9.08. The first-order valence-corrected chi connectivity index (χ1v) is 7.44. The van der Waals surface area contributed by atoms with Crippen LogP contribution in [0.25, 0.3) is 0 Å². The second-order valence-electron chi connectivity index (χ2n) is 3.00. The first-order chi connectivity index (χ1) is 8.03. The molecule has 0 bridgehead atoms. The summed E-state index contributed by atoms with van der Waals surface area (Å²) in [5.41, 5.74) is -0.508. The van der Waals surface area contributed by atoms with E-state index in [0.717, 1.165) is 18.2 Å². The Kier molecular flexibility index (Phi) is 3.92. The van der Waals surface area contributed by atoms with Gasteiger partial charge in [0.1, 0.15) is 5.02 Å². The van der Waals surface area contributed by atoms with Crippen LogP contribution >= 0.6 is 11.6 Å². The second kappa shape index (κ2) is 4.78. The number of hydrogen-bond donors (Lipinski definition) is 2. The molecule has 0 aliphatic carbocycles. The molecule has 0 saturated heterocycles. The third-order valence-electron chi connectivity index (χ3n) is 1.65. The minimum atomic E-state index is -4.48. The number of rotatable bonds is 4. The number of nitro benzene ring substituents is 1. The van der Waals surface area contributed by atoms with Crippen molar-refractivity contribution in [3.63, 3.8) is 0 Å². The fraction of sp³-hybridized carbons (Fsp3) is 0. The van der Waals surface area contributed by atoms with Crippen molar-refractivity contribution in [3.8, 4) is 0 Å². The summed E-state index contributed by atoms with van der Waals surface area (Å²) in [6, 6.07) is 2.41. The number of halogens is 1. The lowest BCUT2D eigenvalue weighted by atomic mass is 10.3. The molecule has 0 aliphatic rings. The van der Waals surface area contributed by atoms with Gasteiger partial charge >= 0.3 is 0 Å². The van der Waals surface area contributed by atoms with Gasteiger partial charge in [-0.25, -0.2) is 13.6 Å². The van der Waals surface area contributed by atoms with Crippen molar-refractivity contribution in [1.29, 1.82) is 0 Å². The predicted molar refractivity (Wildman–Crippen MR) is 61.5 cm³/mol. The summed E-state index contributed by atoms with van der Waals surface area (Å²) >= 11 is 5.49. The van der Waals surface area contributed by atoms with Gasteiger partial charge in [-0.05, 0) is 12.1 Å². The van der Waals surface area contributed by atoms with Gasteiger partial charge in [0, 0.05) is 6.07 Å². The maximum Gasteiger partial charge on any atom is 0.287 e. The summed E-state index contributed by atoms with van der Waals surface area (Å²) in [6.45, 7) is 0. The Labute approximate surface area is 107 Å². The van der Waals surface area contributed by atoms with Crippen molar-refractivity contribution < 1.29 is 21.8 Å². The zero-order chi connectivity index (χ0) is 14.1. The van der Waals surface area contributed by atoms with Gasteiger partial charge in [-0.3, -0.25) is 10.1 Å². The van der Waals surface area contributed by atoms with Crippen molar-refractivity contribution in [2.45, 2.75) is 4.90 Å². The monoisotopic (exact) mass is 315 g/mol. The molecule has 18 heavy (non-hydrogen) atoms. The highest BCUT2D eigenvalue weighted by atomic mass is 35.5. The van der Waals surface area contributed by atoms with Crippen molar-refractivity contribution in [2.24, 2.45) is 5.14 Å². The van der Waals surface area contributed by atoms with Crippen LogP contribution in [-0.4, -0.2) is 21.8 Å². The smallest absolute Gasteiger partial charge is 0.258 e. The average Bonchev–Trinajstić information content (AvgIpc) is 2.12. The molecule has 100 valence electrons. The van der Waals surface area contributed by atoms with Crippen molar-refractivity contribution in [2.75, 3.05) is 0 Å². The van der Waals surface area contributed by atoms with Crippen LogP contribution in [0.2, 0.25) is 5.02 Å². The highest BCUT2D eigenvalue weighted by Crippen LogP contribution is 2.26. The van der Waals surface area contributed by atoms with Crippen LogP contribution in [-0.2, 0) is 20.2 Å². The first kappa shape index (κ1) is 14.8. The fourth-order valence-corrected chi connectivity index (χ4v) is 3.45. The van der Waals surface area contributed by atoms with E-state index in [9.17, 15) is 26.9 Å². The first-order valence-electron chi connectivity index (χ1n) is 4.03. The van der Waals surface area contributed by atoms with E-state index < -0.39 is 40.8 Å². The summed E-state index contributed by atoms with van der Waals surface area (Å²) in [6.07, 6.45) is 0. The molecule has 0 atom stereocenters. The summed E-state index contributed by atoms with van der Waals surface area (Å²) in [5, 5.41) is 14.5. The van der Waals surface area contributed by atoms with Crippen LogP contribution in [0.1, 0.15) is 0 Å². The zero-order valence-corrected chi connectivity index (χ0v) is 10.8. The number of hydrogen-bond acceptors (Lipinski definition) is 6. The third kappa shape index (κ3) is 3.61. The van der Waals surface area contributed by atoms with E-state index in [1.165, 1.54) is 4.13 Å². The average molecular weight is 316 g/mol. The normalized spacial score (nSPS) is 12.3. The topological polar surface area (TPSA) is 149 Å². The molecule has 1 rings (SSSR count). The van der Waals surface area contributed by atoms with Gasteiger partial charge in [-0.1, -0.05) is 15.7 Å². The molecule has 0 saturated carbocycles. The summed E-state index contributed by atoms with van der Waals surface area (Å²) < 4.78 is 45.4. The Morgan fingerprint density at radius 3 is 2.22 bits per heavy atom. The SMILES string of the molecule is NS(=O)(=O)NS(=O)(=O)c1ccc([N+](=O)[O-])c(Cl)c1. The van der Waals surface area contributed by atoms with Crippen LogP contribution in [0, 0.1) is 10.1 Å². The van der Waals surface area contributed by atoms with Gasteiger partial charge in [-0.2, -0.15) is 8.42 Å². The minimum Gasteiger partial charge on any atom is -0.258 e. The van der Waals surface area contributed by atoms with Crippen molar-refractivity contribution in [3.05, 3.63) is 33.3 Å². The standard InChI is InChI=1S/C6H6ClN3O6S2/c7-5-3-4(1-2-6(5)10(11)12)17(13,14)9-18(8,15)16/h1-3,9H,(H2,8,15,16). The number of nitrogens with zero attached hydrogens (tertiary/aromatic N) is 1. The number of nitrogens with one attached hydrogen (secondary N) is 1. The Bertz CT molecular complexity index is 698. The quantitative estimate of drug-likeness (QED) is 0.576. The number of benzene rings is 1. The van der Waals surface area contributed by atoms with Gasteiger partial charge in [0.2, 0.25) is 0 Å². The molecule has 0 aliphatic heterocycles. The van der Waals surface area contributed by atoms with E-state index in [0.29, 0.717) is 0 Å².